The smallest absolute Gasteiger partial charge is 0.267 e. The molecule has 6 heteroatoms. The van der Waals surface area contributed by atoms with Crippen molar-refractivity contribution in [1.82, 2.24) is 9.55 Å². The van der Waals surface area contributed by atoms with E-state index in [4.69, 9.17) is 9.72 Å². The number of ether oxygens (including phenoxy) is 1. The Morgan fingerprint density at radius 2 is 2.07 bits per heavy atom. The first-order valence-corrected chi connectivity index (χ1v) is 11.5. The van der Waals surface area contributed by atoms with Gasteiger partial charge in [0.05, 0.1) is 23.8 Å². The number of hydrogen-bond acceptors (Lipinski definition) is 5. The lowest BCUT2D eigenvalue weighted by Gasteiger charge is -2.26. The van der Waals surface area contributed by atoms with E-state index in [0.29, 0.717) is 17.8 Å². The third-order valence-electron chi connectivity index (χ3n) is 5.06. The van der Waals surface area contributed by atoms with E-state index in [1.54, 1.807) is 27.7 Å². The summed E-state index contributed by atoms with van der Waals surface area (Å²) >= 11 is 3.25. The SMILES string of the molecule is Cc1cccc(-n2c(SC(C)C)nc3sc4c(c3c2=O)C[C@@H](C(C)C)OC4)c1. The first-order valence-electron chi connectivity index (χ1n) is 9.77. The van der Waals surface area contributed by atoms with Gasteiger partial charge in [0.25, 0.3) is 5.56 Å². The van der Waals surface area contributed by atoms with Crippen molar-refractivity contribution in [1.29, 1.82) is 0 Å². The molecule has 0 aliphatic carbocycles. The Bertz CT molecular complexity index is 1080. The molecule has 1 aliphatic heterocycles. The highest BCUT2D eigenvalue weighted by Gasteiger charge is 2.28. The van der Waals surface area contributed by atoms with E-state index in [0.717, 1.165) is 43.5 Å². The molecule has 1 atom stereocenters. The van der Waals surface area contributed by atoms with Gasteiger partial charge in [-0.15, -0.1) is 11.3 Å². The van der Waals surface area contributed by atoms with Gasteiger partial charge in [-0.1, -0.05) is 51.6 Å². The van der Waals surface area contributed by atoms with Gasteiger partial charge in [0, 0.05) is 16.5 Å². The molecule has 0 unspecified atom stereocenters. The lowest BCUT2D eigenvalue weighted by atomic mass is 9.96. The number of aryl methyl sites for hydroxylation is 1. The molecule has 0 fully saturated rings. The fraction of sp³-hybridized carbons (Fsp3) is 0.455. The van der Waals surface area contributed by atoms with Crippen LogP contribution in [0.3, 0.4) is 0 Å². The molecule has 2 aromatic heterocycles. The van der Waals surface area contributed by atoms with Gasteiger partial charge in [-0.2, -0.15) is 0 Å². The molecule has 1 aromatic carbocycles. The minimum Gasteiger partial charge on any atom is -0.372 e. The van der Waals surface area contributed by atoms with Crippen LogP contribution in [-0.2, 0) is 17.8 Å². The van der Waals surface area contributed by atoms with Gasteiger partial charge >= 0.3 is 0 Å². The zero-order valence-corrected chi connectivity index (χ0v) is 18.6. The summed E-state index contributed by atoms with van der Waals surface area (Å²) in [7, 11) is 0. The molecule has 28 heavy (non-hydrogen) atoms. The second kappa shape index (κ2) is 7.65. The minimum absolute atomic E-state index is 0.0423. The summed E-state index contributed by atoms with van der Waals surface area (Å²) in [6.45, 7) is 11.2. The zero-order valence-electron chi connectivity index (χ0n) is 17.0. The van der Waals surface area contributed by atoms with Crippen LogP contribution in [0.25, 0.3) is 15.9 Å². The highest BCUT2D eigenvalue weighted by molar-refractivity contribution is 7.99. The van der Waals surface area contributed by atoms with E-state index in [-0.39, 0.29) is 11.7 Å². The van der Waals surface area contributed by atoms with E-state index >= 15 is 0 Å². The fourth-order valence-corrected chi connectivity index (χ4v) is 5.65. The van der Waals surface area contributed by atoms with Crippen molar-refractivity contribution in [3.05, 3.63) is 50.6 Å². The molecule has 0 radical (unpaired) electrons. The van der Waals surface area contributed by atoms with Gasteiger partial charge in [0.15, 0.2) is 5.16 Å². The van der Waals surface area contributed by atoms with Gasteiger partial charge in [0.2, 0.25) is 0 Å². The Kier molecular flexibility index (Phi) is 5.38. The number of hydrogen-bond donors (Lipinski definition) is 0. The third kappa shape index (κ3) is 3.53. The monoisotopic (exact) mass is 414 g/mol. The standard InChI is InChI=1S/C22H26N2O2S2/c1-12(2)17-10-16-18(11-26-17)28-20-19(16)21(25)24(22(23-20)27-13(3)4)15-8-6-7-14(5)9-15/h6-9,12-13,17H,10-11H2,1-5H3/t17-/m0/s1. The summed E-state index contributed by atoms with van der Waals surface area (Å²) in [5.74, 6) is 0.422. The summed E-state index contributed by atoms with van der Waals surface area (Å²) in [6, 6.07) is 8.09. The van der Waals surface area contributed by atoms with Crippen molar-refractivity contribution in [3.63, 3.8) is 0 Å². The molecule has 0 N–H and O–H groups in total. The van der Waals surface area contributed by atoms with Gasteiger partial charge < -0.3 is 4.74 Å². The van der Waals surface area contributed by atoms with E-state index in [2.05, 4.69) is 33.8 Å². The molecule has 4 nitrogen and oxygen atoms in total. The van der Waals surface area contributed by atoms with E-state index < -0.39 is 0 Å². The summed E-state index contributed by atoms with van der Waals surface area (Å²) < 4.78 is 7.83. The number of benzene rings is 1. The van der Waals surface area contributed by atoms with Crippen molar-refractivity contribution < 1.29 is 4.74 Å². The third-order valence-corrected chi connectivity index (χ3v) is 7.11. The Morgan fingerprint density at radius 1 is 1.29 bits per heavy atom. The quantitative estimate of drug-likeness (QED) is 0.426. The maximum atomic E-state index is 13.7. The Morgan fingerprint density at radius 3 is 2.75 bits per heavy atom. The average Bonchev–Trinajstić information content (AvgIpc) is 2.98. The fourth-order valence-electron chi connectivity index (χ4n) is 3.62. The average molecular weight is 415 g/mol. The lowest BCUT2D eigenvalue weighted by molar-refractivity contribution is 0.00200. The number of thiophene rings is 1. The van der Waals surface area contributed by atoms with Crippen LogP contribution in [0.5, 0.6) is 0 Å². The second-order valence-electron chi connectivity index (χ2n) is 8.02. The van der Waals surface area contributed by atoms with Crippen molar-refractivity contribution in [2.45, 2.75) is 64.2 Å². The first kappa shape index (κ1) is 19.7. The Balaban J connectivity index is 1.97. The van der Waals surface area contributed by atoms with Crippen LogP contribution < -0.4 is 5.56 Å². The molecular formula is C22H26N2O2S2. The van der Waals surface area contributed by atoms with Crippen LogP contribution in [0.2, 0.25) is 0 Å². The van der Waals surface area contributed by atoms with Gasteiger partial charge in [-0.05, 0) is 36.1 Å². The minimum atomic E-state index is 0.0423. The Hall–Kier alpha value is -1.63. The van der Waals surface area contributed by atoms with Gasteiger partial charge in [-0.25, -0.2) is 4.98 Å². The molecule has 0 amide bonds. The molecule has 1 aliphatic rings. The molecule has 4 rings (SSSR count). The second-order valence-corrected chi connectivity index (χ2v) is 10.6. The number of aromatic nitrogens is 2. The highest BCUT2D eigenvalue weighted by Crippen LogP contribution is 2.36. The van der Waals surface area contributed by atoms with Crippen LogP contribution >= 0.6 is 23.1 Å². The van der Waals surface area contributed by atoms with Crippen molar-refractivity contribution in [2.75, 3.05) is 0 Å². The molecule has 0 bridgehead atoms. The topological polar surface area (TPSA) is 44.1 Å². The summed E-state index contributed by atoms with van der Waals surface area (Å²) in [5, 5.41) is 1.88. The predicted molar refractivity (Wildman–Crippen MR) is 118 cm³/mol. The molecule has 3 heterocycles. The van der Waals surface area contributed by atoms with Gasteiger partial charge in [-0.3, -0.25) is 9.36 Å². The Labute approximate surface area is 174 Å². The van der Waals surface area contributed by atoms with Crippen LogP contribution in [0.4, 0.5) is 0 Å². The number of rotatable bonds is 4. The van der Waals surface area contributed by atoms with E-state index in [1.165, 1.54) is 0 Å². The summed E-state index contributed by atoms with van der Waals surface area (Å²) in [6.07, 6.45) is 0.941. The molecular weight excluding hydrogens is 388 g/mol. The molecule has 0 saturated carbocycles. The summed E-state index contributed by atoms with van der Waals surface area (Å²) in [4.78, 5) is 20.7. The predicted octanol–water partition coefficient (Wildman–Crippen LogP) is 5.35. The first-order chi connectivity index (χ1) is 13.3. The van der Waals surface area contributed by atoms with Crippen LogP contribution in [0.1, 0.15) is 43.7 Å². The van der Waals surface area contributed by atoms with E-state index in [1.807, 2.05) is 25.1 Å². The van der Waals surface area contributed by atoms with Gasteiger partial charge in [0.1, 0.15) is 4.83 Å². The zero-order chi connectivity index (χ0) is 20.0. The molecule has 0 saturated heterocycles. The van der Waals surface area contributed by atoms with E-state index in [9.17, 15) is 4.79 Å². The van der Waals surface area contributed by atoms with Crippen LogP contribution in [0, 0.1) is 12.8 Å². The number of thioether (sulfide) groups is 1. The maximum Gasteiger partial charge on any atom is 0.267 e. The van der Waals surface area contributed by atoms with Crippen molar-refractivity contribution >= 4 is 33.3 Å². The largest absolute Gasteiger partial charge is 0.372 e. The molecule has 0 spiro atoms. The van der Waals surface area contributed by atoms with Crippen LogP contribution in [-0.4, -0.2) is 20.9 Å². The van der Waals surface area contributed by atoms with Crippen molar-refractivity contribution in [3.8, 4) is 5.69 Å². The lowest BCUT2D eigenvalue weighted by Crippen LogP contribution is -2.28. The van der Waals surface area contributed by atoms with Crippen LogP contribution in [0.15, 0.2) is 34.2 Å². The summed E-state index contributed by atoms with van der Waals surface area (Å²) in [5.41, 5.74) is 3.20. The number of fused-ring (bicyclic) bond motifs is 3. The molecule has 3 aromatic rings. The van der Waals surface area contributed by atoms with Crippen molar-refractivity contribution in [2.24, 2.45) is 5.92 Å². The molecule has 148 valence electrons. The normalized spacial score (nSPS) is 16.9. The number of nitrogens with zero attached hydrogens (tertiary/aromatic N) is 2. The maximum absolute atomic E-state index is 13.7. The highest BCUT2D eigenvalue weighted by atomic mass is 32.2.